The molecule has 0 aromatic heterocycles. The van der Waals surface area contributed by atoms with Crippen molar-refractivity contribution in [2.45, 2.75) is 39.3 Å². The molecule has 0 rings (SSSR count). The minimum Gasteiger partial charge on any atom is -0.382 e. The molecule has 0 saturated carbocycles. The Kier molecular flexibility index (Phi) is 6.90. The fraction of sp³-hybridized carbons (Fsp3) is 0.692. The van der Waals surface area contributed by atoms with Gasteiger partial charge >= 0.3 is 0 Å². The van der Waals surface area contributed by atoms with Crippen LogP contribution in [0.4, 0.5) is 0 Å². The first-order valence-electron chi connectivity index (χ1n) is 5.92. The summed E-state index contributed by atoms with van der Waals surface area (Å²) in [5.74, 6) is 0. The van der Waals surface area contributed by atoms with Crippen LogP contribution in [0, 0.1) is 0 Å². The van der Waals surface area contributed by atoms with Crippen LogP contribution >= 0.6 is 0 Å². The van der Waals surface area contributed by atoms with Gasteiger partial charge in [0.15, 0.2) is 0 Å². The second-order valence-corrected chi connectivity index (χ2v) is 4.62. The molecule has 3 nitrogen and oxygen atoms in total. The van der Waals surface area contributed by atoms with Crippen LogP contribution in [0.1, 0.15) is 27.2 Å². The molecule has 16 heavy (non-hydrogen) atoms. The molecule has 0 aliphatic carbocycles. The van der Waals surface area contributed by atoms with Gasteiger partial charge in [-0.25, -0.2) is 0 Å². The van der Waals surface area contributed by atoms with Crippen LogP contribution in [0.5, 0.6) is 0 Å². The van der Waals surface area contributed by atoms with Crippen LogP contribution in [0.15, 0.2) is 24.6 Å². The SMILES string of the molecule is C=C(NCC(=C)N(C)C)C(CC)NC(C)C. The molecular weight excluding hydrogens is 198 g/mol. The van der Waals surface area contributed by atoms with E-state index in [2.05, 4.69) is 44.6 Å². The lowest BCUT2D eigenvalue weighted by molar-refractivity contribution is 0.460. The first-order chi connectivity index (χ1) is 7.38. The van der Waals surface area contributed by atoms with Gasteiger partial charge in [-0.05, 0) is 6.42 Å². The summed E-state index contributed by atoms with van der Waals surface area (Å²) in [4.78, 5) is 2.01. The van der Waals surface area contributed by atoms with E-state index in [-0.39, 0.29) is 0 Å². The Morgan fingerprint density at radius 1 is 1.25 bits per heavy atom. The maximum Gasteiger partial charge on any atom is 0.0541 e. The number of hydrogen-bond acceptors (Lipinski definition) is 3. The third-order valence-corrected chi connectivity index (χ3v) is 2.52. The molecule has 0 aromatic rings. The van der Waals surface area contributed by atoms with Crippen molar-refractivity contribution in [2.75, 3.05) is 20.6 Å². The van der Waals surface area contributed by atoms with E-state index in [1.165, 1.54) is 0 Å². The topological polar surface area (TPSA) is 27.3 Å². The second kappa shape index (κ2) is 7.34. The average molecular weight is 225 g/mol. The lowest BCUT2D eigenvalue weighted by atomic mass is 10.1. The molecule has 94 valence electrons. The summed E-state index contributed by atoms with van der Waals surface area (Å²) in [6.45, 7) is 15.3. The monoisotopic (exact) mass is 225 g/mol. The average Bonchev–Trinajstić information content (AvgIpc) is 2.21. The van der Waals surface area contributed by atoms with E-state index in [0.717, 1.165) is 24.4 Å². The molecule has 0 aliphatic heterocycles. The van der Waals surface area contributed by atoms with Crippen LogP contribution in [0.25, 0.3) is 0 Å². The summed E-state index contributed by atoms with van der Waals surface area (Å²) < 4.78 is 0. The van der Waals surface area contributed by atoms with Crippen molar-refractivity contribution >= 4 is 0 Å². The fourth-order valence-corrected chi connectivity index (χ4v) is 1.36. The Balaban J connectivity index is 4.07. The summed E-state index contributed by atoms with van der Waals surface area (Å²) in [5, 5.41) is 6.80. The van der Waals surface area contributed by atoms with E-state index in [1.54, 1.807) is 0 Å². The predicted octanol–water partition coefficient (Wildman–Crippen LogP) is 1.94. The van der Waals surface area contributed by atoms with Crippen molar-refractivity contribution < 1.29 is 0 Å². The highest BCUT2D eigenvalue weighted by atomic mass is 15.1. The van der Waals surface area contributed by atoms with Gasteiger partial charge in [0.25, 0.3) is 0 Å². The van der Waals surface area contributed by atoms with Crippen LogP contribution < -0.4 is 10.6 Å². The van der Waals surface area contributed by atoms with Gasteiger partial charge in [0, 0.05) is 37.6 Å². The molecule has 0 fully saturated rings. The lowest BCUT2D eigenvalue weighted by Gasteiger charge is -2.25. The normalized spacial score (nSPS) is 12.4. The summed E-state index contributed by atoms with van der Waals surface area (Å²) >= 11 is 0. The van der Waals surface area contributed by atoms with E-state index in [4.69, 9.17) is 0 Å². The zero-order valence-electron chi connectivity index (χ0n) is 11.4. The third kappa shape index (κ3) is 5.81. The molecule has 2 N–H and O–H groups in total. The molecule has 0 radical (unpaired) electrons. The van der Waals surface area contributed by atoms with Gasteiger partial charge in [-0.15, -0.1) is 0 Å². The molecule has 3 heteroatoms. The number of hydrogen-bond donors (Lipinski definition) is 2. The quantitative estimate of drug-likeness (QED) is 0.661. The summed E-state index contributed by atoms with van der Waals surface area (Å²) in [7, 11) is 3.99. The van der Waals surface area contributed by atoms with Gasteiger partial charge in [-0.2, -0.15) is 0 Å². The Labute approximate surface area is 101 Å². The predicted molar refractivity (Wildman–Crippen MR) is 72.3 cm³/mol. The molecule has 0 aromatic carbocycles. The molecule has 0 aliphatic rings. The van der Waals surface area contributed by atoms with E-state index >= 15 is 0 Å². The molecule has 0 bridgehead atoms. The first kappa shape index (κ1) is 15.0. The van der Waals surface area contributed by atoms with Crippen molar-refractivity contribution in [1.82, 2.24) is 15.5 Å². The highest BCUT2D eigenvalue weighted by Gasteiger charge is 2.11. The standard InChI is InChI=1S/C13H27N3/c1-8-13(15-10(2)3)12(5)14-9-11(4)16(6)7/h10,13-15H,4-5,8-9H2,1-3,6-7H3. The van der Waals surface area contributed by atoms with Gasteiger partial charge in [-0.1, -0.05) is 33.9 Å². The van der Waals surface area contributed by atoms with Crippen molar-refractivity contribution in [1.29, 1.82) is 0 Å². The van der Waals surface area contributed by atoms with Gasteiger partial charge in [0.2, 0.25) is 0 Å². The Bertz CT molecular complexity index is 231. The van der Waals surface area contributed by atoms with E-state index in [9.17, 15) is 0 Å². The van der Waals surface area contributed by atoms with E-state index in [0.29, 0.717) is 12.1 Å². The van der Waals surface area contributed by atoms with Gasteiger partial charge in [-0.3, -0.25) is 0 Å². The first-order valence-corrected chi connectivity index (χ1v) is 5.92. The Morgan fingerprint density at radius 2 is 1.81 bits per heavy atom. The summed E-state index contributed by atoms with van der Waals surface area (Å²) in [6.07, 6.45) is 1.04. The molecule has 0 amide bonds. The maximum absolute atomic E-state index is 4.08. The molecule has 0 heterocycles. The molecule has 1 atom stereocenters. The minimum atomic E-state index is 0.329. The van der Waals surface area contributed by atoms with Crippen molar-refractivity contribution in [3.63, 3.8) is 0 Å². The van der Waals surface area contributed by atoms with Crippen LogP contribution in [0.3, 0.4) is 0 Å². The van der Waals surface area contributed by atoms with Crippen molar-refractivity contribution in [3.05, 3.63) is 24.6 Å². The number of nitrogens with zero attached hydrogens (tertiary/aromatic N) is 1. The van der Waals surface area contributed by atoms with Crippen LogP contribution in [-0.2, 0) is 0 Å². The maximum atomic E-state index is 4.08. The van der Waals surface area contributed by atoms with Crippen LogP contribution in [0.2, 0.25) is 0 Å². The summed E-state index contributed by atoms with van der Waals surface area (Å²) in [5.41, 5.74) is 2.10. The number of likely N-dealkylation sites (N-methyl/N-ethyl adjacent to an activating group) is 1. The number of nitrogens with one attached hydrogen (secondary N) is 2. The van der Waals surface area contributed by atoms with Crippen molar-refractivity contribution in [3.8, 4) is 0 Å². The van der Waals surface area contributed by atoms with E-state index in [1.807, 2.05) is 19.0 Å². The molecule has 1 unspecified atom stereocenters. The highest BCUT2D eigenvalue weighted by Crippen LogP contribution is 2.03. The zero-order chi connectivity index (χ0) is 12.7. The zero-order valence-corrected chi connectivity index (χ0v) is 11.4. The molecular formula is C13H27N3. The molecule has 0 saturated heterocycles. The highest BCUT2D eigenvalue weighted by molar-refractivity contribution is 5.07. The van der Waals surface area contributed by atoms with Gasteiger partial charge < -0.3 is 15.5 Å². The Hall–Kier alpha value is -0.960. The molecule has 0 spiro atoms. The summed E-state index contributed by atoms with van der Waals surface area (Å²) in [6, 6.07) is 0.801. The largest absolute Gasteiger partial charge is 0.382 e. The van der Waals surface area contributed by atoms with Crippen LogP contribution in [-0.4, -0.2) is 37.6 Å². The van der Waals surface area contributed by atoms with E-state index < -0.39 is 0 Å². The lowest BCUT2D eigenvalue weighted by Crippen LogP contribution is -2.40. The van der Waals surface area contributed by atoms with Gasteiger partial charge in [0.05, 0.1) is 6.54 Å². The minimum absolute atomic E-state index is 0.329. The Morgan fingerprint density at radius 3 is 2.19 bits per heavy atom. The third-order valence-electron chi connectivity index (χ3n) is 2.52. The smallest absolute Gasteiger partial charge is 0.0541 e. The second-order valence-electron chi connectivity index (χ2n) is 4.62. The fourth-order valence-electron chi connectivity index (χ4n) is 1.36. The van der Waals surface area contributed by atoms with Crippen molar-refractivity contribution in [2.24, 2.45) is 0 Å². The van der Waals surface area contributed by atoms with Gasteiger partial charge in [0.1, 0.15) is 0 Å². The number of rotatable bonds is 8.